The molecule has 102 valence electrons. The van der Waals surface area contributed by atoms with Crippen LogP contribution in [0.2, 0.25) is 0 Å². The first-order valence-electron chi connectivity index (χ1n) is 6.34. The molecule has 0 bridgehead atoms. The fourth-order valence-electron chi connectivity index (χ4n) is 1.40. The lowest BCUT2D eigenvalue weighted by atomic mass is 10.2. The molecule has 0 aliphatic rings. The van der Waals surface area contributed by atoms with Gasteiger partial charge in [0.05, 0.1) is 6.54 Å². The number of hydrogen-bond donors (Lipinski definition) is 3. The van der Waals surface area contributed by atoms with Gasteiger partial charge in [0.1, 0.15) is 0 Å². The molecule has 0 saturated heterocycles. The van der Waals surface area contributed by atoms with Gasteiger partial charge in [0.2, 0.25) is 0 Å². The van der Waals surface area contributed by atoms with Crippen LogP contribution in [0.5, 0.6) is 0 Å². The highest BCUT2D eigenvalue weighted by molar-refractivity contribution is 7.11. The van der Waals surface area contributed by atoms with Crippen molar-refractivity contribution < 1.29 is 5.11 Å². The van der Waals surface area contributed by atoms with Crippen molar-refractivity contribution in [1.29, 1.82) is 0 Å². The molecule has 5 heteroatoms. The summed E-state index contributed by atoms with van der Waals surface area (Å²) in [7, 11) is 0. The van der Waals surface area contributed by atoms with Crippen molar-refractivity contribution in [2.45, 2.75) is 27.3 Å². The predicted octanol–water partition coefficient (Wildman–Crippen LogP) is 1.74. The van der Waals surface area contributed by atoms with Gasteiger partial charge in [-0.25, -0.2) is 4.99 Å². The minimum absolute atomic E-state index is 0.191. The summed E-state index contributed by atoms with van der Waals surface area (Å²) in [5.41, 5.74) is 0. The maximum absolute atomic E-state index is 8.99. The normalized spacial score (nSPS) is 13.4. The molecule has 0 fully saturated rings. The highest BCUT2D eigenvalue weighted by Crippen LogP contribution is 2.15. The van der Waals surface area contributed by atoms with E-state index in [1.165, 1.54) is 9.75 Å². The largest absolute Gasteiger partial charge is 0.396 e. The van der Waals surface area contributed by atoms with Gasteiger partial charge in [-0.15, -0.1) is 11.3 Å². The van der Waals surface area contributed by atoms with E-state index >= 15 is 0 Å². The molecule has 0 aliphatic heterocycles. The molecule has 4 nitrogen and oxygen atoms in total. The molecule has 0 aliphatic carbocycles. The number of guanidine groups is 1. The summed E-state index contributed by atoms with van der Waals surface area (Å²) in [6.07, 6.45) is 0. The molecular formula is C13H23N3OS. The first-order chi connectivity index (χ1) is 8.65. The summed E-state index contributed by atoms with van der Waals surface area (Å²) in [6.45, 7) is 8.60. The monoisotopic (exact) mass is 269 g/mol. The highest BCUT2D eigenvalue weighted by Gasteiger charge is 2.02. The molecule has 1 aromatic rings. The van der Waals surface area contributed by atoms with E-state index in [0.29, 0.717) is 6.54 Å². The van der Waals surface area contributed by atoms with Gasteiger partial charge < -0.3 is 15.7 Å². The zero-order valence-electron chi connectivity index (χ0n) is 11.4. The molecule has 0 amide bonds. The minimum Gasteiger partial charge on any atom is -0.396 e. The molecule has 1 unspecified atom stereocenters. The van der Waals surface area contributed by atoms with E-state index in [1.54, 1.807) is 11.3 Å². The van der Waals surface area contributed by atoms with E-state index < -0.39 is 0 Å². The fraction of sp³-hybridized carbons (Fsp3) is 0.615. The Morgan fingerprint density at radius 2 is 2.22 bits per heavy atom. The van der Waals surface area contributed by atoms with E-state index in [-0.39, 0.29) is 12.5 Å². The molecule has 3 N–H and O–H groups in total. The molecule has 1 rings (SSSR count). The van der Waals surface area contributed by atoms with E-state index in [0.717, 1.165) is 19.0 Å². The summed E-state index contributed by atoms with van der Waals surface area (Å²) in [5, 5.41) is 15.4. The number of aliphatic hydroxyl groups is 1. The Kier molecular flexibility index (Phi) is 6.75. The van der Waals surface area contributed by atoms with Gasteiger partial charge in [-0.2, -0.15) is 0 Å². The number of aryl methyl sites for hydroxylation is 1. The van der Waals surface area contributed by atoms with Crippen LogP contribution >= 0.6 is 11.3 Å². The second-order valence-electron chi connectivity index (χ2n) is 4.38. The summed E-state index contributed by atoms with van der Waals surface area (Å²) < 4.78 is 0. The smallest absolute Gasteiger partial charge is 0.191 e. The first kappa shape index (κ1) is 15.0. The van der Waals surface area contributed by atoms with Crippen molar-refractivity contribution in [2.75, 3.05) is 19.7 Å². The standard InChI is InChI=1S/C13H23N3OS/c1-4-14-13(15-7-10(2)9-17)16-8-12-6-5-11(3)18-12/h5-6,10,17H,4,7-9H2,1-3H3,(H2,14,15,16). The van der Waals surface area contributed by atoms with Crippen LogP contribution in [-0.2, 0) is 6.54 Å². The Morgan fingerprint density at radius 1 is 1.44 bits per heavy atom. The second-order valence-corrected chi connectivity index (χ2v) is 5.75. The lowest BCUT2D eigenvalue weighted by Gasteiger charge is -2.13. The van der Waals surface area contributed by atoms with Gasteiger partial charge in [0.25, 0.3) is 0 Å². The number of rotatable bonds is 6. The van der Waals surface area contributed by atoms with Gasteiger partial charge in [0, 0.05) is 29.5 Å². The number of aliphatic hydroxyl groups excluding tert-OH is 1. The fourth-order valence-corrected chi connectivity index (χ4v) is 2.22. The van der Waals surface area contributed by atoms with Gasteiger partial charge >= 0.3 is 0 Å². The van der Waals surface area contributed by atoms with Crippen LogP contribution < -0.4 is 10.6 Å². The van der Waals surface area contributed by atoms with Crippen molar-refractivity contribution in [3.63, 3.8) is 0 Å². The van der Waals surface area contributed by atoms with Crippen LogP contribution in [-0.4, -0.2) is 30.8 Å². The Morgan fingerprint density at radius 3 is 2.78 bits per heavy atom. The third-order valence-corrected chi connectivity index (χ3v) is 3.45. The molecule has 1 atom stereocenters. The van der Waals surface area contributed by atoms with Gasteiger partial charge in [-0.3, -0.25) is 0 Å². The van der Waals surface area contributed by atoms with Crippen LogP contribution in [0.25, 0.3) is 0 Å². The lowest BCUT2D eigenvalue weighted by molar-refractivity contribution is 0.238. The van der Waals surface area contributed by atoms with Crippen molar-refractivity contribution in [1.82, 2.24) is 10.6 Å². The van der Waals surface area contributed by atoms with Crippen molar-refractivity contribution >= 4 is 17.3 Å². The van der Waals surface area contributed by atoms with Crippen molar-refractivity contribution in [3.8, 4) is 0 Å². The number of nitrogens with one attached hydrogen (secondary N) is 2. The summed E-state index contributed by atoms with van der Waals surface area (Å²) in [6, 6.07) is 4.23. The SMILES string of the molecule is CCNC(=NCc1ccc(C)s1)NCC(C)CO. The third-order valence-electron chi connectivity index (χ3n) is 2.46. The topological polar surface area (TPSA) is 56.7 Å². The molecule has 0 aromatic carbocycles. The summed E-state index contributed by atoms with van der Waals surface area (Å²) in [5.74, 6) is 1.04. The number of nitrogens with zero attached hydrogens (tertiary/aromatic N) is 1. The van der Waals surface area contributed by atoms with Crippen LogP contribution in [0.1, 0.15) is 23.6 Å². The maximum Gasteiger partial charge on any atom is 0.191 e. The Labute approximate surface area is 113 Å². The zero-order valence-corrected chi connectivity index (χ0v) is 12.2. The second kappa shape index (κ2) is 8.11. The lowest BCUT2D eigenvalue weighted by Crippen LogP contribution is -2.39. The zero-order chi connectivity index (χ0) is 13.4. The van der Waals surface area contributed by atoms with E-state index in [2.05, 4.69) is 34.7 Å². The molecule has 1 heterocycles. The Hall–Kier alpha value is -1.07. The number of aliphatic imine (C=N–C) groups is 1. The molecule has 18 heavy (non-hydrogen) atoms. The molecule has 1 aromatic heterocycles. The van der Waals surface area contributed by atoms with Crippen LogP contribution in [0.15, 0.2) is 17.1 Å². The van der Waals surface area contributed by atoms with Gasteiger partial charge in [-0.05, 0) is 31.9 Å². The van der Waals surface area contributed by atoms with E-state index in [9.17, 15) is 0 Å². The van der Waals surface area contributed by atoms with Gasteiger partial charge in [0.15, 0.2) is 5.96 Å². The quantitative estimate of drug-likeness (QED) is 0.544. The average Bonchev–Trinajstić information content (AvgIpc) is 2.78. The Bertz CT molecular complexity index is 376. The van der Waals surface area contributed by atoms with Crippen LogP contribution in [0.4, 0.5) is 0 Å². The van der Waals surface area contributed by atoms with Crippen LogP contribution in [0.3, 0.4) is 0 Å². The summed E-state index contributed by atoms with van der Waals surface area (Å²) >= 11 is 1.77. The minimum atomic E-state index is 0.191. The van der Waals surface area contributed by atoms with Crippen molar-refractivity contribution in [2.24, 2.45) is 10.9 Å². The predicted molar refractivity (Wildman–Crippen MR) is 78.1 cm³/mol. The molecule has 0 radical (unpaired) electrons. The first-order valence-corrected chi connectivity index (χ1v) is 7.15. The Balaban J connectivity index is 2.49. The highest BCUT2D eigenvalue weighted by atomic mass is 32.1. The molecule has 0 spiro atoms. The molecule has 0 saturated carbocycles. The number of thiophene rings is 1. The van der Waals surface area contributed by atoms with Crippen LogP contribution in [0, 0.1) is 12.8 Å². The molecular weight excluding hydrogens is 246 g/mol. The van der Waals surface area contributed by atoms with E-state index in [1.807, 2.05) is 13.8 Å². The number of hydrogen-bond acceptors (Lipinski definition) is 3. The third kappa shape index (κ3) is 5.51. The van der Waals surface area contributed by atoms with E-state index in [4.69, 9.17) is 5.11 Å². The van der Waals surface area contributed by atoms with Gasteiger partial charge in [-0.1, -0.05) is 6.92 Å². The average molecular weight is 269 g/mol. The summed E-state index contributed by atoms with van der Waals surface area (Å²) in [4.78, 5) is 7.10. The maximum atomic E-state index is 8.99. The van der Waals surface area contributed by atoms with Crippen molar-refractivity contribution in [3.05, 3.63) is 21.9 Å².